The van der Waals surface area contributed by atoms with E-state index in [-0.39, 0.29) is 30.6 Å². The first-order chi connectivity index (χ1) is 13.1. The fourth-order valence-electron chi connectivity index (χ4n) is 2.05. The molecule has 15 heteroatoms. The van der Waals surface area contributed by atoms with Crippen molar-refractivity contribution in [2.24, 2.45) is 22.2 Å². The van der Waals surface area contributed by atoms with Crippen LogP contribution in [0.1, 0.15) is 43.4 Å². The van der Waals surface area contributed by atoms with Gasteiger partial charge < -0.3 is 31.9 Å². The molecular weight excluding hydrogens is 396 g/mol. The number of rotatable bonds is 14. The van der Waals surface area contributed by atoms with E-state index in [0.717, 1.165) is 12.8 Å². The van der Waals surface area contributed by atoms with Gasteiger partial charge in [-0.3, -0.25) is 9.79 Å². The van der Waals surface area contributed by atoms with Gasteiger partial charge in [0, 0.05) is 13.2 Å². The molecule has 160 valence electrons. The summed E-state index contributed by atoms with van der Waals surface area (Å²) in [7, 11) is -4.17. The molecule has 1 rings (SSSR count). The Morgan fingerprint density at radius 2 is 2.00 bits per heavy atom. The van der Waals surface area contributed by atoms with Gasteiger partial charge in [-0.25, -0.2) is 0 Å². The Morgan fingerprint density at radius 3 is 2.61 bits per heavy atom. The lowest BCUT2D eigenvalue weighted by Gasteiger charge is -2.13. The van der Waals surface area contributed by atoms with Gasteiger partial charge >= 0.3 is 5.97 Å². The molecule has 1 aromatic heterocycles. The molecule has 10 N–H and O–H groups in total. The Balaban J connectivity index is 2.49. The third-order valence-corrected chi connectivity index (χ3v) is 4.58. The van der Waals surface area contributed by atoms with Gasteiger partial charge in [0.05, 0.1) is 12.6 Å². The molecule has 2 atom stereocenters. The second-order valence-corrected chi connectivity index (χ2v) is 7.33. The van der Waals surface area contributed by atoms with Gasteiger partial charge in [0.2, 0.25) is 5.89 Å². The zero-order valence-corrected chi connectivity index (χ0v) is 15.9. The number of aliphatic hydroxyl groups excluding tert-OH is 1. The van der Waals surface area contributed by atoms with Crippen LogP contribution in [0.4, 0.5) is 0 Å². The maximum Gasteiger partial charge on any atom is 0.321 e. The Bertz CT molecular complexity index is 748. The number of carbonyl (C=O) groups is 1. The summed E-state index contributed by atoms with van der Waals surface area (Å²) in [6, 6.07) is -1.97. The Labute approximate surface area is 161 Å². The molecule has 0 saturated carbocycles. The van der Waals surface area contributed by atoms with Gasteiger partial charge in [-0.15, -0.1) is 0 Å². The summed E-state index contributed by atoms with van der Waals surface area (Å²) in [6.45, 7) is -0.365. The Morgan fingerprint density at radius 1 is 1.29 bits per heavy atom. The number of unbranched alkanes of at least 4 members (excludes halogenated alkanes) is 1. The number of aromatic nitrogens is 2. The molecule has 14 nitrogen and oxygen atoms in total. The minimum absolute atomic E-state index is 0.0232. The van der Waals surface area contributed by atoms with E-state index >= 15 is 0 Å². The van der Waals surface area contributed by atoms with Crippen LogP contribution in [-0.4, -0.2) is 59.9 Å². The highest BCUT2D eigenvalue weighted by molar-refractivity contribution is 7.87. The van der Waals surface area contributed by atoms with Crippen molar-refractivity contribution in [2.75, 3.05) is 13.2 Å². The van der Waals surface area contributed by atoms with Crippen molar-refractivity contribution in [1.82, 2.24) is 19.6 Å². The van der Waals surface area contributed by atoms with Gasteiger partial charge in [0.1, 0.15) is 6.04 Å². The molecule has 0 aliphatic carbocycles. The third kappa shape index (κ3) is 9.05. The molecule has 0 aromatic carbocycles. The number of aliphatic carboxylic acids is 1. The van der Waals surface area contributed by atoms with Crippen LogP contribution in [0.3, 0.4) is 0 Å². The summed E-state index contributed by atoms with van der Waals surface area (Å²) in [5.41, 5.74) is 16.4. The van der Waals surface area contributed by atoms with Crippen molar-refractivity contribution >= 4 is 22.1 Å². The van der Waals surface area contributed by atoms with Gasteiger partial charge in [-0.05, 0) is 25.7 Å². The maximum absolute atomic E-state index is 11.9. The predicted molar refractivity (Wildman–Crippen MR) is 97.8 cm³/mol. The highest BCUT2D eigenvalue weighted by Crippen LogP contribution is 2.14. The summed E-state index contributed by atoms with van der Waals surface area (Å²) in [6.07, 6.45) is 1.72. The topological polar surface area (TPSA) is 245 Å². The van der Waals surface area contributed by atoms with Gasteiger partial charge in [0.15, 0.2) is 11.8 Å². The molecule has 28 heavy (non-hydrogen) atoms. The van der Waals surface area contributed by atoms with E-state index in [4.69, 9.17) is 31.9 Å². The van der Waals surface area contributed by atoms with E-state index in [0.29, 0.717) is 13.0 Å². The van der Waals surface area contributed by atoms with Gasteiger partial charge in [-0.2, -0.15) is 22.8 Å². The van der Waals surface area contributed by atoms with Crippen molar-refractivity contribution in [2.45, 2.75) is 44.3 Å². The van der Waals surface area contributed by atoms with Crippen LogP contribution in [0.15, 0.2) is 9.52 Å². The summed E-state index contributed by atoms with van der Waals surface area (Å²) in [5.74, 6) is -1.21. The zero-order valence-electron chi connectivity index (χ0n) is 15.1. The molecule has 0 unspecified atom stereocenters. The molecular formula is C13H26N8O6S. The second-order valence-electron chi connectivity index (χ2n) is 5.80. The molecule has 0 spiro atoms. The monoisotopic (exact) mass is 422 g/mol. The average Bonchev–Trinajstić information content (AvgIpc) is 3.08. The summed E-state index contributed by atoms with van der Waals surface area (Å²) >= 11 is 0. The normalized spacial score (nSPS) is 13.8. The summed E-state index contributed by atoms with van der Waals surface area (Å²) < 4.78 is 32.7. The standard InChI is InChI=1S/C13H26N8O6S/c14-8(3-1-2-5-17-13(15)16)11-19-10(27-20-11)7-18-28(25,26)21-9(4-6-22)12(23)24/h8-9,18,21-22H,1-7,14H2,(H,23,24)(H4,15,16,17)/t8-,9-/m0/s1. The Kier molecular flexibility index (Phi) is 9.74. The lowest BCUT2D eigenvalue weighted by atomic mass is 10.1. The number of carboxylic acid groups (broad SMARTS) is 1. The highest BCUT2D eigenvalue weighted by atomic mass is 32.2. The molecule has 0 aliphatic rings. The number of nitrogens with one attached hydrogen (secondary N) is 2. The van der Waals surface area contributed by atoms with Crippen LogP contribution >= 0.6 is 0 Å². The van der Waals surface area contributed by atoms with Gasteiger partial charge in [0.25, 0.3) is 10.2 Å². The molecule has 0 amide bonds. The lowest BCUT2D eigenvalue weighted by Crippen LogP contribution is -2.46. The van der Waals surface area contributed by atoms with Crippen molar-refractivity contribution in [3.63, 3.8) is 0 Å². The van der Waals surface area contributed by atoms with Gasteiger partial charge in [-0.1, -0.05) is 5.16 Å². The van der Waals surface area contributed by atoms with Crippen molar-refractivity contribution in [3.05, 3.63) is 11.7 Å². The van der Waals surface area contributed by atoms with E-state index < -0.39 is 34.9 Å². The molecule has 1 heterocycles. The van der Waals surface area contributed by atoms with Crippen LogP contribution in [0.2, 0.25) is 0 Å². The molecule has 0 bridgehead atoms. The molecule has 0 radical (unpaired) electrons. The van der Waals surface area contributed by atoms with E-state index in [1.54, 1.807) is 0 Å². The lowest BCUT2D eigenvalue weighted by molar-refractivity contribution is -0.139. The number of hydrogen-bond acceptors (Lipinski definition) is 9. The predicted octanol–water partition coefficient (Wildman–Crippen LogP) is -2.73. The largest absolute Gasteiger partial charge is 0.480 e. The van der Waals surface area contributed by atoms with E-state index in [2.05, 4.69) is 19.9 Å². The van der Waals surface area contributed by atoms with E-state index in [9.17, 15) is 13.2 Å². The van der Waals surface area contributed by atoms with Crippen LogP contribution in [0.25, 0.3) is 0 Å². The zero-order chi connectivity index (χ0) is 21.2. The van der Waals surface area contributed by atoms with Crippen molar-refractivity contribution < 1.29 is 27.9 Å². The second kappa shape index (κ2) is 11.5. The number of carboxylic acids is 1. The average molecular weight is 422 g/mol. The molecule has 0 saturated heterocycles. The first kappa shape index (κ1) is 23.7. The third-order valence-electron chi connectivity index (χ3n) is 3.46. The fourth-order valence-corrected chi connectivity index (χ4v) is 3.04. The maximum atomic E-state index is 11.9. The van der Waals surface area contributed by atoms with Crippen LogP contribution < -0.4 is 26.6 Å². The number of nitrogens with zero attached hydrogens (tertiary/aromatic N) is 3. The fraction of sp³-hybridized carbons (Fsp3) is 0.692. The van der Waals surface area contributed by atoms with Crippen LogP contribution in [0.5, 0.6) is 0 Å². The van der Waals surface area contributed by atoms with E-state index in [1.807, 2.05) is 4.72 Å². The smallest absolute Gasteiger partial charge is 0.321 e. The molecule has 0 fully saturated rings. The first-order valence-corrected chi connectivity index (χ1v) is 9.87. The molecule has 1 aromatic rings. The molecule has 0 aliphatic heterocycles. The van der Waals surface area contributed by atoms with E-state index in [1.165, 1.54) is 0 Å². The number of aliphatic hydroxyl groups is 1. The number of nitrogens with two attached hydrogens (primary N) is 3. The SMILES string of the molecule is NC(N)=NCCCC[C@H](N)c1noc(CNS(=O)(=O)N[C@@H](CCO)C(=O)O)n1. The Hall–Kier alpha value is -2.33. The highest BCUT2D eigenvalue weighted by Gasteiger charge is 2.24. The number of hydrogen-bond donors (Lipinski definition) is 7. The number of guanidine groups is 1. The summed E-state index contributed by atoms with van der Waals surface area (Å²) in [4.78, 5) is 18.8. The first-order valence-electron chi connectivity index (χ1n) is 8.38. The summed E-state index contributed by atoms with van der Waals surface area (Å²) in [5, 5.41) is 21.4. The van der Waals surface area contributed by atoms with Crippen molar-refractivity contribution in [1.29, 1.82) is 0 Å². The number of aliphatic imine (C=N–C) groups is 1. The minimum atomic E-state index is -4.17. The van der Waals surface area contributed by atoms with Crippen LogP contribution in [0, 0.1) is 0 Å². The van der Waals surface area contributed by atoms with Crippen LogP contribution in [-0.2, 0) is 21.5 Å². The quantitative estimate of drug-likeness (QED) is 0.0921. The van der Waals surface area contributed by atoms with Crippen molar-refractivity contribution in [3.8, 4) is 0 Å². The minimum Gasteiger partial charge on any atom is -0.480 e.